The molecule has 4 rings (SSSR count). The van der Waals surface area contributed by atoms with E-state index in [0.717, 1.165) is 16.7 Å². The molecule has 0 aliphatic carbocycles. The summed E-state index contributed by atoms with van der Waals surface area (Å²) in [4.78, 5) is 25.7. The molecule has 3 heterocycles. The molecule has 0 radical (unpaired) electrons. The number of aromatic amines is 1. The van der Waals surface area contributed by atoms with Crippen LogP contribution in [0, 0.1) is 18.5 Å². The molecular formula is C19H21N2O7PS. The van der Waals surface area contributed by atoms with Crippen molar-refractivity contribution in [3.8, 4) is 5.75 Å². The molecule has 2 aliphatic rings. The molecule has 1 fully saturated rings. The van der Waals surface area contributed by atoms with E-state index in [2.05, 4.69) is 4.98 Å². The topological polar surface area (TPSA) is 109 Å². The van der Waals surface area contributed by atoms with Gasteiger partial charge in [-0.1, -0.05) is 29.9 Å². The lowest BCUT2D eigenvalue weighted by Gasteiger charge is -2.27. The Kier molecular flexibility index (Phi) is 5.78. The van der Waals surface area contributed by atoms with Gasteiger partial charge in [0.1, 0.15) is 16.6 Å². The van der Waals surface area contributed by atoms with Gasteiger partial charge in [-0.3, -0.25) is 23.4 Å². The van der Waals surface area contributed by atoms with Crippen LogP contribution in [-0.4, -0.2) is 28.5 Å². The summed E-state index contributed by atoms with van der Waals surface area (Å²) < 4.78 is 36.6. The summed E-state index contributed by atoms with van der Waals surface area (Å²) in [7, 11) is -3.78. The smallest absolute Gasteiger partial charge is 0.403 e. The van der Waals surface area contributed by atoms with E-state index in [0.29, 0.717) is 24.9 Å². The molecule has 0 spiro atoms. The van der Waals surface area contributed by atoms with Crippen molar-refractivity contribution in [2.75, 3.05) is 6.61 Å². The monoisotopic (exact) mass is 452 g/mol. The minimum atomic E-state index is -3.78. The standard InChI is InChI=1S/C19H21N2O7PS/c1-11-5-12(2)17-13(6-11)9-25-29(24,28-17)26-10-15-3-4-16(27-15)21-7-14(8-22)18(30)20-19(21)23/h5-8,15-16H,3-4,9-10H2,1-2H3,(H,20,23,30). The van der Waals surface area contributed by atoms with Crippen LogP contribution in [0.3, 0.4) is 0 Å². The van der Waals surface area contributed by atoms with Crippen LogP contribution in [0.5, 0.6) is 5.75 Å². The van der Waals surface area contributed by atoms with Gasteiger partial charge < -0.3 is 9.26 Å². The Balaban J connectivity index is 1.41. The van der Waals surface area contributed by atoms with Crippen molar-refractivity contribution in [2.24, 2.45) is 0 Å². The Morgan fingerprint density at radius 2 is 2.17 bits per heavy atom. The zero-order valence-electron chi connectivity index (χ0n) is 16.5. The molecule has 1 saturated heterocycles. The van der Waals surface area contributed by atoms with Crippen LogP contribution < -0.4 is 10.2 Å². The Morgan fingerprint density at radius 1 is 1.37 bits per heavy atom. The third kappa shape index (κ3) is 4.19. The summed E-state index contributed by atoms with van der Waals surface area (Å²) in [5.41, 5.74) is 2.49. The highest BCUT2D eigenvalue weighted by Gasteiger charge is 2.37. The molecule has 0 saturated carbocycles. The second-order valence-corrected chi connectivity index (χ2v) is 9.34. The highest BCUT2D eigenvalue weighted by atomic mass is 32.1. The van der Waals surface area contributed by atoms with Crippen molar-refractivity contribution in [1.82, 2.24) is 9.55 Å². The van der Waals surface area contributed by atoms with Crippen molar-refractivity contribution in [2.45, 2.75) is 45.6 Å². The highest BCUT2D eigenvalue weighted by molar-refractivity contribution is 7.71. The number of aromatic nitrogens is 2. The Morgan fingerprint density at radius 3 is 2.93 bits per heavy atom. The number of hydrogen-bond donors (Lipinski definition) is 1. The van der Waals surface area contributed by atoms with Gasteiger partial charge in [0.05, 0.1) is 24.9 Å². The minimum Gasteiger partial charge on any atom is -0.403 e. The van der Waals surface area contributed by atoms with Crippen molar-refractivity contribution < 1.29 is 27.7 Å². The molecule has 0 bridgehead atoms. The van der Waals surface area contributed by atoms with E-state index >= 15 is 0 Å². The van der Waals surface area contributed by atoms with Gasteiger partial charge in [0.2, 0.25) is 0 Å². The number of carbonyl (C=O) groups excluding carboxylic acids is 1. The summed E-state index contributed by atoms with van der Waals surface area (Å²) in [6.07, 6.45) is 2.04. The third-order valence-corrected chi connectivity index (χ3v) is 6.67. The number of nitrogens with one attached hydrogen (secondary N) is 1. The average Bonchev–Trinajstić information content (AvgIpc) is 3.16. The van der Waals surface area contributed by atoms with Gasteiger partial charge in [0.15, 0.2) is 6.29 Å². The van der Waals surface area contributed by atoms with Crippen LogP contribution in [0.1, 0.15) is 46.1 Å². The predicted molar refractivity (Wildman–Crippen MR) is 109 cm³/mol. The lowest BCUT2D eigenvalue weighted by Crippen LogP contribution is -2.28. The Labute approximate surface area is 177 Å². The molecule has 9 nitrogen and oxygen atoms in total. The van der Waals surface area contributed by atoms with E-state index in [1.807, 2.05) is 26.0 Å². The number of fused-ring (bicyclic) bond motifs is 1. The third-order valence-electron chi connectivity index (χ3n) is 5.01. The van der Waals surface area contributed by atoms with Gasteiger partial charge in [-0.05, 0) is 32.3 Å². The number of H-pyrrole nitrogens is 1. The van der Waals surface area contributed by atoms with Crippen molar-refractivity contribution in [1.29, 1.82) is 0 Å². The van der Waals surface area contributed by atoms with Crippen molar-refractivity contribution in [3.05, 3.63) is 55.7 Å². The number of phosphoric ester groups is 1. The van der Waals surface area contributed by atoms with Crippen molar-refractivity contribution in [3.63, 3.8) is 0 Å². The zero-order valence-corrected chi connectivity index (χ0v) is 18.2. The molecule has 3 atom stereocenters. The normalized spacial score (nSPS) is 25.5. The van der Waals surface area contributed by atoms with Gasteiger partial charge in [0.25, 0.3) is 0 Å². The van der Waals surface area contributed by atoms with E-state index in [1.165, 1.54) is 10.8 Å². The fraction of sp³-hybridized carbons (Fsp3) is 0.421. The molecule has 2 aromatic rings. The zero-order chi connectivity index (χ0) is 21.5. The first-order valence-corrected chi connectivity index (χ1v) is 11.3. The number of nitrogens with zero attached hydrogens (tertiary/aromatic N) is 1. The van der Waals surface area contributed by atoms with Gasteiger partial charge in [-0.15, -0.1) is 0 Å². The number of hydrogen-bond acceptors (Lipinski definition) is 8. The van der Waals surface area contributed by atoms with E-state index in [4.69, 9.17) is 30.5 Å². The van der Waals surface area contributed by atoms with Gasteiger partial charge in [0, 0.05) is 11.8 Å². The average molecular weight is 452 g/mol. The van der Waals surface area contributed by atoms with Crippen LogP contribution in [-0.2, 0) is 25.0 Å². The van der Waals surface area contributed by atoms with Gasteiger partial charge in [-0.2, -0.15) is 0 Å². The van der Waals surface area contributed by atoms with E-state index in [9.17, 15) is 14.2 Å². The maximum Gasteiger partial charge on any atom is 0.530 e. The van der Waals surface area contributed by atoms with Crippen LogP contribution in [0.25, 0.3) is 0 Å². The summed E-state index contributed by atoms with van der Waals surface area (Å²) in [5.74, 6) is 0.521. The highest BCUT2D eigenvalue weighted by Crippen LogP contribution is 2.55. The molecular weight excluding hydrogens is 431 g/mol. The lowest BCUT2D eigenvalue weighted by molar-refractivity contribution is -0.0264. The first-order valence-electron chi connectivity index (χ1n) is 9.43. The molecule has 30 heavy (non-hydrogen) atoms. The SMILES string of the molecule is Cc1cc(C)c2c(c1)COP(=O)(OCC1CCC(n3cc(C=O)c(=S)[nH]c3=O)O1)O2. The summed E-state index contributed by atoms with van der Waals surface area (Å²) in [6, 6.07) is 3.86. The second kappa shape index (κ2) is 8.20. The maximum atomic E-state index is 12.9. The van der Waals surface area contributed by atoms with Crippen LogP contribution in [0.15, 0.2) is 23.1 Å². The molecule has 11 heteroatoms. The van der Waals surface area contributed by atoms with Crippen LogP contribution >= 0.6 is 20.0 Å². The fourth-order valence-electron chi connectivity index (χ4n) is 3.62. The Bertz CT molecular complexity index is 1160. The molecule has 1 N–H and O–H groups in total. The number of phosphoric acid groups is 1. The second-order valence-electron chi connectivity index (χ2n) is 7.34. The maximum absolute atomic E-state index is 12.9. The minimum absolute atomic E-state index is 0.0217. The largest absolute Gasteiger partial charge is 0.530 e. The molecule has 3 unspecified atom stereocenters. The predicted octanol–water partition coefficient (Wildman–Crippen LogP) is 3.75. The van der Waals surface area contributed by atoms with Gasteiger partial charge in [-0.25, -0.2) is 9.36 Å². The number of aldehydes is 1. The number of aryl methyl sites for hydroxylation is 2. The molecule has 1 aromatic heterocycles. The summed E-state index contributed by atoms with van der Waals surface area (Å²) in [5, 5.41) is 0. The van der Waals surface area contributed by atoms with E-state index in [1.54, 1.807) is 0 Å². The number of rotatable bonds is 5. The van der Waals surface area contributed by atoms with E-state index < -0.39 is 25.8 Å². The van der Waals surface area contributed by atoms with E-state index in [-0.39, 0.29) is 23.4 Å². The number of benzene rings is 1. The summed E-state index contributed by atoms with van der Waals surface area (Å²) >= 11 is 4.95. The van der Waals surface area contributed by atoms with Gasteiger partial charge >= 0.3 is 13.5 Å². The fourth-order valence-corrected chi connectivity index (χ4v) is 5.12. The lowest BCUT2D eigenvalue weighted by atomic mass is 10.1. The van der Waals surface area contributed by atoms with Crippen molar-refractivity contribution >= 4 is 26.3 Å². The Hall–Kier alpha value is -2.10. The van der Waals surface area contributed by atoms with Crippen LogP contribution in [0.2, 0.25) is 0 Å². The first kappa shape index (κ1) is 21.1. The number of ether oxygens (including phenoxy) is 1. The molecule has 0 amide bonds. The summed E-state index contributed by atoms with van der Waals surface area (Å²) in [6.45, 7) is 3.96. The first-order chi connectivity index (χ1) is 14.3. The number of carbonyl (C=O) groups is 1. The quantitative estimate of drug-likeness (QED) is 0.415. The molecule has 160 valence electrons. The van der Waals surface area contributed by atoms with Crippen LogP contribution in [0.4, 0.5) is 0 Å². The molecule has 2 aliphatic heterocycles. The molecule has 1 aromatic carbocycles.